The summed E-state index contributed by atoms with van der Waals surface area (Å²) in [4.78, 5) is 0. The van der Waals surface area contributed by atoms with Gasteiger partial charge in [0.1, 0.15) is 5.82 Å². The van der Waals surface area contributed by atoms with Crippen LogP contribution in [0.2, 0.25) is 0 Å². The Balaban J connectivity index is 2.15. The first-order valence-corrected chi connectivity index (χ1v) is 5.28. The molecule has 1 aromatic carbocycles. The predicted octanol–water partition coefficient (Wildman–Crippen LogP) is 2.92. The van der Waals surface area contributed by atoms with E-state index in [-0.39, 0.29) is 5.82 Å². The minimum absolute atomic E-state index is 0.172. The van der Waals surface area contributed by atoms with Crippen LogP contribution in [0.25, 0.3) is 0 Å². The maximum atomic E-state index is 12.6. The van der Waals surface area contributed by atoms with Crippen molar-refractivity contribution in [1.82, 2.24) is 5.32 Å². The van der Waals surface area contributed by atoms with Crippen LogP contribution in [0.5, 0.6) is 0 Å². The van der Waals surface area contributed by atoms with Crippen molar-refractivity contribution in [2.24, 2.45) is 0 Å². The molecule has 1 aromatic rings. The molecule has 82 valence electrons. The zero-order chi connectivity index (χ0) is 11.1. The van der Waals surface area contributed by atoms with E-state index >= 15 is 0 Å². The number of nitrogens with one attached hydrogen (secondary N) is 1. The minimum atomic E-state index is -0.172. The largest absolute Gasteiger partial charge is 0.316 e. The molecule has 1 rings (SSSR count). The molecule has 0 unspecified atom stereocenters. The molecule has 15 heavy (non-hydrogen) atoms. The second kappa shape index (κ2) is 6.36. The number of benzene rings is 1. The van der Waals surface area contributed by atoms with Crippen LogP contribution in [0, 0.1) is 5.82 Å². The van der Waals surface area contributed by atoms with Crippen molar-refractivity contribution >= 4 is 0 Å². The molecular weight excluding hydrogens is 189 g/mol. The van der Waals surface area contributed by atoms with Crippen LogP contribution in [0.4, 0.5) is 4.39 Å². The molecule has 0 saturated carbocycles. The van der Waals surface area contributed by atoms with E-state index in [1.807, 2.05) is 19.1 Å². The lowest BCUT2D eigenvalue weighted by Gasteiger charge is -2.04. The fourth-order valence-corrected chi connectivity index (χ4v) is 1.31. The summed E-state index contributed by atoms with van der Waals surface area (Å²) in [6, 6.07) is 6.66. The second-order valence-corrected chi connectivity index (χ2v) is 3.83. The molecule has 0 aliphatic heterocycles. The lowest BCUT2D eigenvalue weighted by atomic mass is 10.1. The average Bonchev–Trinajstić information content (AvgIpc) is 2.20. The summed E-state index contributed by atoms with van der Waals surface area (Å²) in [6.45, 7) is 7.77. The van der Waals surface area contributed by atoms with Crippen LogP contribution in [-0.4, -0.2) is 13.1 Å². The van der Waals surface area contributed by atoms with E-state index in [2.05, 4.69) is 11.9 Å². The smallest absolute Gasteiger partial charge is 0.123 e. The highest BCUT2D eigenvalue weighted by Crippen LogP contribution is 2.02. The first kappa shape index (κ1) is 11.9. The Morgan fingerprint density at radius 1 is 1.27 bits per heavy atom. The van der Waals surface area contributed by atoms with Crippen molar-refractivity contribution in [3.8, 4) is 0 Å². The SMILES string of the molecule is C=C(C)CCNCCc1ccc(F)cc1. The summed E-state index contributed by atoms with van der Waals surface area (Å²) in [5.74, 6) is -0.172. The fraction of sp³-hybridized carbons (Fsp3) is 0.385. The molecule has 0 saturated heterocycles. The van der Waals surface area contributed by atoms with Crippen molar-refractivity contribution in [1.29, 1.82) is 0 Å². The molecule has 0 aliphatic carbocycles. The number of hydrogen-bond acceptors (Lipinski definition) is 1. The molecule has 0 heterocycles. The van der Waals surface area contributed by atoms with Gasteiger partial charge in [0.05, 0.1) is 0 Å². The van der Waals surface area contributed by atoms with Gasteiger partial charge in [-0.2, -0.15) is 0 Å². The van der Waals surface area contributed by atoms with Crippen molar-refractivity contribution < 1.29 is 4.39 Å². The van der Waals surface area contributed by atoms with E-state index in [0.29, 0.717) is 0 Å². The van der Waals surface area contributed by atoms with E-state index in [4.69, 9.17) is 0 Å². The van der Waals surface area contributed by atoms with E-state index < -0.39 is 0 Å². The van der Waals surface area contributed by atoms with Crippen LogP contribution >= 0.6 is 0 Å². The maximum absolute atomic E-state index is 12.6. The van der Waals surface area contributed by atoms with Crippen LogP contribution in [0.1, 0.15) is 18.9 Å². The van der Waals surface area contributed by atoms with Gasteiger partial charge in [0.2, 0.25) is 0 Å². The molecule has 0 aliphatic rings. The third-order valence-electron chi connectivity index (χ3n) is 2.23. The Morgan fingerprint density at radius 3 is 2.53 bits per heavy atom. The monoisotopic (exact) mass is 207 g/mol. The Morgan fingerprint density at radius 2 is 1.93 bits per heavy atom. The van der Waals surface area contributed by atoms with Gasteiger partial charge in [-0.3, -0.25) is 0 Å². The molecule has 2 heteroatoms. The van der Waals surface area contributed by atoms with Crippen molar-refractivity contribution in [3.63, 3.8) is 0 Å². The standard InChI is InChI=1S/C13H18FN/c1-11(2)7-9-15-10-8-12-3-5-13(14)6-4-12/h3-6,15H,1,7-10H2,2H3. The third-order valence-corrected chi connectivity index (χ3v) is 2.23. The molecular formula is C13H18FN. The lowest BCUT2D eigenvalue weighted by molar-refractivity contribution is 0.626. The highest BCUT2D eigenvalue weighted by molar-refractivity contribution is 5.16. The van der Waals surface area contributed by atoms with Crippen molar-refractivity contribution in [2.75, 3.05) is 13.1 Å². The van der Waals surface area contributed by atoms with Gasteiger partial charge in [-0.15, -0.1) is 6.58 Å². The topological polar surface area (TPSA) is 12.0 Å². The number of halogens is 1. The first-order chi connectivity index (χ1) is 7.18. The van der Waals surface area contributed by atoms with Crippen LogP contribution < -0.4 is 5.32 Å². The van der Waals surface area contributed by atoms with Crippen LogP contribution in [0.15, 0.2) is 36.4 Å². The highest BCUT2D eigenvalue weighted by atomic mass is 19.1. The summed E-state index contributed by atoms with van der Waals surface area (Å²) >= 11 is 0. The third kappa shape index (κ3) is 5.33. The molecule has 0 fully saturated rings. The summed E-state index contributed by atoms with van der Waals surface area (Å²) in [6.07, 6.45) is 1.96. The molecule has 1 nitrogen and oxygen atoms in total. The molecule has 0 radical (unpaired) electrons. The van der Waals surface area contributed by atoms with Crippen molar-refractivity contribution in [3.05, 3.63) is 47.8 Å². The van der Waals surface area contributed by atoms with Gasteiger partial charge in [0.25, 0.3) is 0 Å². The van der Waals surface area contributed by atoms with Gasteiger partial charge in [0.15, 0.2) is 0 Å². The van der Waals surface area contributed by atoms with Gasteiger partial charge >= 0.3 is 0 Å². The number of rotatable bonds is 6. The first-order valence-electron chi connectivity index (χ1n) is 5.28. The van der Waals surface area contributed by atoms with E-state index in [1.165, 1.54) is 23.3 Å². The summed E-state index contributed by atoms with van der Waals surface area (Å²) in [5, 5.41) is 3.33. The predicted molar refractivity (Wildman–Crippen MR) is 62.4 cm³/mol. The zero-order valence-corrected chi connectivity index (χ0v) is 9.22. The van der Waals surface area contributed by atoms with E-state index in [1.54, 1.807) is 0 Å². The molecule has 0 atom stereocenters. The van der Waals surface area contributed by atoms with Crippen molar-refractivity contribution in [2.45, 2.75) is 19.8 Å². The summed E-state index contributed by atoms with van der Waals surface area (Å²) in [7, 11) is 0. The Kier molecular flexibility index (Phi) is 5.05. The summed E-state index contributed by atoms with van der Waals surface area (Å²) in [5.41, 5.74) is 2.36. The fourth-order valence-electron chi connectivity index (χ4n) is 1.31. The van der Waals surface area contributed by atoms with Crippen LogP contribution in [-0.2, 0) is 6.42 Å². The van der Waals surface area contributed by atoms with E-state index in [9.17, 15) is 4.39 Å². The average molecular weight is 207 g/mol. The highest BCUT2D eigenvalue weighted by Gasteiger charge is 1.94. The Labute approximate surface area is 91.0 Å². The van der Waals surface area contributed by atoms with Gasteiger partial charge in [-0.1, -0.05) is 17.7 Å². The molecule has 0 amide bonds. The normalized spacial score (nSPS) is 10.3. The second-order valence-electron chi connectivity index (χ2n) is 3.83. The van der Waals surface area contributed by atoms with E-state index in [0.717, 1.165) is 25.9 Å². The molecule has 0 aromatic heterocycles. The molecule has 0 bridgehead atoms. The zero-order valence-electron chi connectivity index (χ0n) is 9.22. The maximum Gasteiger partial charge on any atom is 0.123 e. The number of hydrogen-bond donors (Lipinski definition) is 1. The van der Waals surface area contributed by atoms with Crippen LogP contribution in [0.3, 0.4) is 0 Å². The van der Waals surface area contributed by atoms with Gasteiger partial charge < -0.3 is 5.32 Å². The Bertz CT molecular complexity index is 303. The molecule has 0 spiro atoms. The quantitative estimate of drug-likeness (QED) is 0.558. The van der Waals surface area contributed by atoms with Gasteiger partial charge in [-0.05, 0) is 50.6 Å². The Hall–Kier alpha value is -1.15. The van der Waals surface area contributed by atoms with Gasteiger partial charge in [-0.25, -0.2) is 4.39 Å². The molecule has 1 N–H and O–H groups in total. The van der Waals surface area contributed by atoms with Gasteiger partial charge in [0, 0.05) is 0 Å². The minimum Gasteiger partial charge on any atom is -0.316 e. The summed E-state index contributed by atoms with van der Waals surface area (Å²) < 4.78 is 12.6. The lowest BCUT2D eigenvalue weighted by Crippen LogP contribution is -2.18.